The first-order valence-corrected chi connectivity index (χ1v) is 8.28. The first-order valence-electron chi connectivity index (χ1n) is 8.28. The van der Waals surface area contributed by atoms with Gasteiger partial charge in [-0.1, -0.05) is 26.7 Å². The standard InChI is InChI=1S/C16H30N2O2/c1-12(2)14-5-3-4-6-15(14)17-16(20)18-9-7-13(11-19)8-10-18/h12-15,19H,3-11H2,1-2H3,(H,17,20)/t14-,15+/m0/s1. The molecule has 20 heavy (non-hydrogen) atoms. The van der Waals surface area contributed by atoms with Crippen LogP contribution in [0.1, 0.15) is 52.4 Å². The van der Waals surface area contributed by atoms with E-state index in [1.54, 1.807) is 0 Å². The molecule has 1 saturated carbocycles. The topological polar surface area (TPSA) is 52.6 Å². The van der Waals surface area contributed by atoms with Crippen LogP contribution in [0, 0.1) is 17.8 Å². The first-order chi connectivity index (χ1) is 9.61. The Morgan fingerprint density at radius 3 is 2.45 bits per heavy atom. The summed E-state index contributed by atoms with van der Waals surface area (Å²) in [5, 5.41) is 12.4. The number of piperidine rings is 1. The third kappa shape index (κ3) is 3.87. The smallest absolute Gasteiger partial charge is 0.317 e. The number of urea groups is 1. The van der Waals surface area contributed by atoms with Gasteiger partial charge in [-0.15, -0.1) is 0 Å². The highest BCUT2D eigenvalue weighted by molar-refractivity contribution is 5.74. The van der Waals surface area contributed by atoms with Gasteiger partial charge in [0.05, 0.1) is 0 Å². The number of carbonyl (C=O) groups is 1. The van der Waals surface area contributed by atoms with Crippen LogP contribution in [0.4, 0.5) is 4.79 Å². The van der Waals surface area contributed by atoms with Gasteiger partial charge in [0.25, 0.3) is 0 Å². The van der Waals surface area contributed by atoms with E-state index in [0.717, 1.165) is 32.4 Å². The molecule has 2 N–H and O–H groups in total. The summed E-state index contributed by atoms with van der Waals surface area (Å²) in [5.41, 5.74) is 0. The summed E-state index contributed by atoms with van der Waals surface area (Å²) >= 11 is 0. The Balaban J connectivity index is 1.84. The van der Waals surface area contributed by atoms with Crippen LogP contribution >= 0.6 is 0 Å². The van der Waals surface area contributed by atoms with Crippen molar-refractivity contribution in [1.29, 1.82) is 0 Å². The summed E-state index contributed by atoms with van der Waals surface area (Å²) in [4.78, 5) is 14.3. The molecule has 2 aliphatic rings. The van der Waals surface area contributed by atoms with Crippen LogP contribution in [-0.4, -0.2) is 41.8 Å². The number of nitrogens with zero attached hydrogens (tertiary/aromatic N) is 1. The van der Waals surface area contributed by atoms with E-state index in [9.17, 15) is 4.79 Å². The maximum Gasteiger partial charge on any atom is 0.317 e. The van der Waals surface area contributed by atoms with Crippen LogP contribution < -0.4 is 5.32 Å². The number of amides is 2. The van der Waals surface area contributed by atoms with Crippen LogP contribution in [0.5, 0.6) is 0 Å². The van der Waals surface area contributed by atoms with E-state index in [1.165, 1.54) is 19.3 Å². The summed E-state index contributed by atoms with van der Waals surface area (Å²) in [6.45, 7) is 6.36. The highest BCUT2D eigenvalue weighted by Gasteiger charge is 2.30. The number of aliphatic hydroxyl groups is 1. The fourth-order valence-corrected chi connectivity index (χ4v) is 3.71. The third-order valence-electron chi connectivity index (χ3n) is 5.14. The predicted octanol–water partition coefficient (Wildman–Crippen LogP) is 2.62. The van der Waals surface area contributed by atoms with E-state index in [4.69, 9.17) is 5.11 Å². The van der Waals surface area contributed by atoms with Crippen molar-refractivity contribution in [3.63, 3.8) is 0 Å². The SMILES string of the molecule is CC(C)[C@@H]1CCCC[C@H]1NC(=O)N1CCC(CO)CC1. The zero-order valence-electron chi connectivity index (χ0n) is 13.0. The molecule has 4 nitrogen and oxygen atoms in total. The lowest BCUT2D eigenvalue weighted by molar-refractivity contribution is 0.128. The fourth-order valence-electron chi connectivity index (χ4n) is 3.71. The van der Waals surface area contributed by atoms with Crippen molar-refractivity contribution >= 4 is 6.03 Å². The molecule has 116 valence electrons. The lowest BCUT2D eigenvalue weighted by atomic mass is 9.78. The van der Waals surface area contributed by atoms with Gasteiger partial charge in [-0.3, -0.25) is 0 Å². The zero-order chi connectivity index (χ0) is 14.5. The second-order valence-electron chi connectivity index (χ2n) is 6.86. The number of carbonyl (C=O) groups excluding carboxylic acids is 1. The molecule has 0 spiro atoms. The molecule has 2 rings (SSSR count). The van der Waals surface area contributed by atoms with Crippen molar-refractivity contribution in [2.24, 2.45) is 17.8 Å². The van der Waals surface area contributed by atoms with Gasteiger partial charge in [-0.05, 0) is 43.4 Å². The van der Waals surface area contributed by atoms with Gasteiger partial charge in [-0.25, -0.2) is 4.79 Å². The molecule has 1 saturated heterocycles. The Hall–Kier alpha value is -0.770. The minimum absolute atomic E-state index is 0.110. The maximum absolute atomic E-state index is 12.4. The molecule has 0 aromatic rings. The number of hydrogen-bond acceptors (Lipinski definition) is 2. The molecule has 1 heterocycles. The van der Waals surface area contributed by atoms with Crippen molar-refractivity contribution in [1.82, 2.24) is 10.2 Å². The fraction of sp³-hybridized carbons (Fsp3) is 0.938. The van der Waals surface area contributed by atoms with E-state index < -0.39 is 0 Å². The van der Waals surface area contributed by atoms with E-state index in [0.29, 0.717) is 23.8 Å². The van der Waals surface area contributed by atoms with Gasteiger partial charge in [0.1, 0.15) is 0 Å². The van der Waals surface area contributed by atoms with Gasteiger partial charge >= 0.3 is 6.03 Å². The summed E-state index contributed by atoms with van der Waals surface area (Å²) in [6, 6.07) is 0.464. The lowest BCUT2D eigenvalue weighted by Crippen LogP contribution is -2.51. The summed E-state index contributed by atoms with van der Waals surface area (Å²) in [5.74, 6) is 1.65. The van der Waals surface area contributed by atoms with Crippen LogP contribution in [0.15, 0.2) is 0 Å². The number of hydrogen-bond donors (Lipinski definition) is 2. The molecule has 2 amide bonds. The summed E-state index contributed by atoms with van der Waals surface area (Å²) < 4.78 is 0. The monoisotopic (exact) mass is 282 g/mol. The average molecular weight is 282 g/mol. The van der Waals surface area contributed by atoms with E-state index in [-0.39, 0.29) is 12.6 Å². The van der Waals surface area contributed by atoms with Crippen molar-refractivity contribution in [3.05, 3.63) is 0 Å². The van der Waals surface area contributed by atoms with Gasteiger partial charge in [-0.2, -0.15) is 0 Å². The van der Waals surface area contributed by atoms with Crippen LogP contribution in [0.3, 0.4) is 0 Å². The molecule has 2 atom stereocenters. The molecule has 4 heteroatoms. The highest BCUT2D eigenvalue weighted by atomic mass is 16.3. The Bertz CT molecular complexity index is 312. The maximum atomic E-state index is 12.4. The second-order valence-corrected chi connectivity index (χ2v) is 6.86. The number of aliphatic hydroxyl groups excluding tert-OH is 1. The van der Waals surface area contributed by atoms with Gasteiger partial charge < -0.3 is 15.3 Å². The van der Waals surface area contributed by atoms with Gasteiger partial charge in [0, 0.05) is 25.7 Å². The van der Waals surface area contributed by atoms with Gasteiger partial charge in [0.15, 0.2) is 0 Å². The normalized spacial score (nSPS) is 28.7. The van der Waals surface area contributed by atoms with Gasteiger partial charge in [0.2, 0.25) is 0 Å². The predicted molar refractivity (Wildman–Crippen MR) is 80.5 cm³/mol. The van der Waals surface area contributed by atoms with Crippen LogP contribution in [-0.2, 0) is 0 Å². The van der Waals surface area contributed by atoms with E-state index >= 15 is 0 Å². The number of likely N-dealkylation sites (tertiary alicyclic amines) is 1. The number of nitrogens with one attached hydrogen (secondary N) is 1. The van der Waals surface area contributed by atoms with E-state index in [2.05, 4.69) is 19.2 Å². The first kappa shape index (κ1) is 15.6. The minimum Gasteiger partial charge on any atom is -0.396 e. The Morgan fingerprint density at radius 1 is 1.20 bits per heavy atom. The minimum atomic E-state index is 0.110. The van der Waals surface area contributed by atoms with Crippen molar-refractivity contribution in [2.75, 3.05) is 19.7 Å². The molecular weight excluding hydrogens is 252 g/mol. The molecule has 0 bridgehead atoms. The summed E-state index contributed by atoms with van der Waals surface area (Å²) in [7, 11) is 0. The van der Waals surface area contributed by atoms with Crippen molar-refractivity contribution in [2.45, 2.75) is 58.4 Å². The molecule has 0 radical (unpaired) electrons. The summed E-state index contributed by atoms with van der Waals surface area (Å²) in [6.07, 6.45) is 6.78. The molecule has 2 fully saturated rings. The average Bonchev–Trinajstić information content (AvgIpc) is 2.47. The zero-order valence-corrected chi connectivity index (χ0v) is 13.0. The van der Waals surface area contributed by atoms with Crippen LogP contribution in [0.25, 0.3) is 0 Å². The molecular formula is C16H30N2O2. The molecule has 1 aliphatic carbocycles. The highest BCUT2D eigenvalue weighted by Crippen LogP contribution is 2.30. The Labute approximate surface area is 122 Å². The molecule has 0 aromatic carbocycles. The third-order valence-corrected chi connectivity index (χ3v) is 5.14. The Morgan fingerprint density at radius 2 is 1.85 bits per heavy atom. The molecule has 0 aromatic heterocycles. The van der Waals surface area contributed by atoms with Crippen molar-refractivity contribution in [3.8, 4) is 0 Å². The Kier molecular flexibility index (Phi) is 5.70. The molecule has 1 aliphatic heterocycles. The van der Waals surface area contributed by atoms with Crippen molar-refractivity contribution < 1.29 is 9.90 Å². The number of rotatable bonds is 3. The molecule has 0 unspecified atom stereocenters. The van der Waals surface area contributed by atoms with Crippen LogP contribution in [0.2, 0.25) is 0 Å². The largest absolute Gasteiger partial charge is 0.396 e. The van der Waals surface area contributed by atoms with E-state index in [1.807, 2.05) is 4.90 Å². The lowest BCUT2D eigenvalue weighted by Gasteiger charge is -2.37. The quantitative estimate of drug-likeness (QED) is 0.836. The second kappa shape index (κ2) is 7.30.